The minimum absolute atomic E-state index is 0.230. The van der Waals surface area contributed by atoms with E-state index in [0.29, 0.717) is 40.7 Å². The average Bonchev–Trinajstić information content (AvgIpc) is 3.25. The minimum atomic E-state index is -0.917. The van der Waals surface area contributed by atoms with Crippen molar-refractivity contribution < 1.29 is 13.9 Å². The molecule has 1 aliphatic rings. The van der Waals surface area contributed by atoms with E-state index in [1.54, 1.807) is 25.4 Å². The molecule has 0 aliphatic carbocycles. The Morgan fingerprint density at radius 2 is 2.00 bits per heavy atom. The molecule has 1 N–H and O–H groups in total. The van der Waals surface area contributed by atoms with Gasteiger partial charge in [-0.25, -0.2) is 4.39 Å². The molecule has 1 aliphatic heterocycles. The SMILES string of the molecule is COc1cc(C)ccc1-c1cc(N2CC[C@@H](F)C2)c(C(=O)N[C@@H](C)c2ccc(Cl)cc2)cn1. The minimum Gasteiger partial charge on any atom is -0.496 e. The van der Waals surface area contributed by atoms with Crippen molar-refractivity contribution >= 4 is 23.2 Å². The lowest BCUT2D eigenvalue weighted by Gasteiger charge is -2.23. The van der Waals surface area contributed by atoms with E-state index in [0.717, 1.165) is 16.7 Å². The van der Waals surface area contributed by atoms with Gasteiger partial charge in [-0.3, -0.25) is 9.78 Å². The molecular formula is C26H27ClFN3O2. The van der Waals surface area contributed by atoms with Gasteiger partial charge in [-0.15, -0.1) is 0 Å². The number of carbonyl (C=O) groups excluding carboxylic acids is 1. The van der Waals surface area contributed by atoms with Gasteiger partial charge in [0.05, 0.1) is 30.1 Å². The smallest absolute Gasteiger partial charge is 0.255 e. The first-order valence-electron chi connectivity index (χ1n) is 11.0. The number of aromatic nitrogens is 1. The fourth-order valence-electron chi connectivity index (χ4n) is 4.08. The van der Waals surface area contributed by atoms with Crippen molar-refractivity contribution in [1.82, 2.24) is 10.3 Å². The van der Waals surface area contributed by atoms with Gasteiger partial charge in [0, 0.05) is 29.9 Å². The van der Waals surface area contributed by atoms with Crippen molar-refractivity contribution in [3.8, 4) is 17.0 Å². The highest BCUT2D eigenvalue weighted by molar-refractivity contribution is 6.30. The molecule has 0 bridgehead atoms. The Labute approximate surface area is 198 Å². The summed E-state index contributed by atoms with van der Waals surface area (Å²) in [4.78, 5) is 19.7. The second-order valence-corrected chi connectivity index (χ2v) is 8.81. The molecule has 4 rings (SSSR count). The first-order chi connectivity index (χ1) is 15.9. The Hall–Kier alpha value is -3.12. The van der Waals surface area contributed by atoms with Crippen molar-refractivity contribution in [2.24, 2.45) is 0 Å². The largest absolute Gasteiger partial charge is 0.496 e. The van der Waals surface area contributed by atoms with Gasteiger partial charge in [-0.05, 0) is 61.7 Å². The topological polar surface area (TPSA) is 54.5 Å². The number of carbonyl (C=O) groups is 1. The van der Waals surface area contributed by atoms with E-state index in [2.05, 4.69) is 10.3 Å². The molecule has 1 saturated heterocycles. The number of rotatable bonds is 6. The zero-order chi connectivity index (χ0) is 23.5. The lowest BCUT2D eigenvalue weighted by molar-refractivity contribution is 0.0940. The number of benzene rings is 2. The molecule has 2 atom stereocenters. The summed E-state index contributed by atoms with van der Waals surface area (Å²) in [5.41, 5.74) is 4.59. The highest BCUT2D eigenvalue weighted by Crippen LogP contribution is 2.34. The van der Waals surface area contributed by atoms with Crippen molar-refractivity contribution in [3.63, 3.8) is 0 Å². The standard InChI is InChI=1S/C26H27ClFN3O2/c1-16-4-9-21(25(12-16)33-3)23-13-24(31-11-10-20(28)15-31)22(14-29-23)26(32)30-17(2)18-5-7-19(27)8-6-18/h4-9,12-14,17,20H,10-11,15H2,1-3H3,(H,30,32)/t17-,20+/m0/s1. The zero-order valence-corrected chi connectivity index (χ0v) is 19.7. The molecule has 1 fully saturated rings. The third-order valence-electron chi connectivity index (χ3n) is 5.95. The number of amides is 1. The van der Waals surface area contributed by atoms with Crippen molar-refractivity contribution in [2.45, 2.75) is 32.5 Å². The number of hydrogen-bond acceptors (Lipinski definition) is 4. The average molecular weight is 468 g/mol. The van der Waals surface area contributed by atoms with Crippen LogP contribution in [0.3, 0.4) is 0 Å². The number of hydrogen-bond donors (Lipinski definition) is 1. The van der Waals surface area contributed by atoms with Gasteiger partial charge in [-0.2, -0.15) is 0 Å². The van der Waals surface area contributed by atoms with E-state index in [1.807, 2.05) is 55.1 Å². The van der Waals surface area contributed by atoms with Crippen LogP contribution in [0.1, 0.15) is 40.9 Å². The number of pyridine rings is 1. The van der Waals surface area contributed by atoms with Crippen LogP contribution < -0.4 is 15.0 Å². The van der Waals surface area contributed by atoms with Crippen LogP contribution in [0, 0.1) is 6.92 Å². The molecule has 5 nitrogen and oxygen atoms in total. The van der Waals surface area contributed by atoms with Gasteiger partial charge < -0.3 is 15.0 Å². The third-order valence-corrected chi connectivity index (χ3v) is 6.20. The number of nitrogens with zero attached hydrogens (tertiary/aromatic N) is 2. The maximum absolute atomic E-state index is 14.1. The molecule has 2 aromatic carbocycles. The number of alkyl halides is 1. The van der Waals surface area contributed by atoms with Crippen LogP contribution in [0.5, 0.6) is 5.75 Å². The van der Waals surface area contributed by atoms with E-state index < -0.39 is 6.17 Å². The monoisotopic (exact) mass is 467 g/mol. The summed E-state index contributed by atoms with van der Waals surface area (Å²) in [6, 6.07) is 14.9. The normalized spacial score (nSPS) is 16.5. The predicted molar refractivity (Wildman–Crippen MR) is 130 cm³/mol. The van der Waals surface area contributed by atoms with Crippen LogP contribution in [-0.4, -0.2) is 37.3 Å². The first-order valence-corrected chi connectivity index (χ1v) is 11.3. The molecule has 0 spiro atoms. The molecule has 1 amide bonds. The highest BCUT2D eigenvalue weighted by atomic mass is 35.5. The first kappa shape index (κ1) is 23.1. The molecule has 172 valence electrons. The number of ether oxygens (including phenoxy) is 1. The summed E-state index contributed by atoms with van der Waals surface area (Å²) < 4.78 is 19.6. The van der Waals surface area contributed by atoms with Gasteiger partial charge in [0.15, 0.2) is 0 Å². The predicted octanol–water partition coefficient (Wildman–Crippen LogP) is 5.76. The highest BCUT2D eigenvalue weighted by Gasteiger charge is 2.27. The fourth-order valence-corrected chi connectivity index (χ4v) is 4.21. The molecule has 7 heteroatoms. The number of methoxy groups -OCH3 is 1. The van der Waals surface area contributed by atoms with Gasteiger partial charge in [0.25, 0.3) is 5.91 Å². The molecule has 1 aromatic heterocycles. The van der Waals surface area contributed by atoms with Gasteiger partial charge in [0.2, 0.25) is 0 Å². The lowest BCUT2D eigenvalue weighted by atomic mass is 10.0. The fraction of sp³-hybridized carbons (Fsp3) is 0.308. The summed E-state index contributed by atoms with van der Waals surface area (Å²) in [6.45, 7) is 4.70. The maximum atomic E-state index is 14.1. The van der Waals surface area contributed by atoms with E-state index in [-0.39, 0.29) is 18.5 Å². The van der Waals surface area contributed by atoms with Crippen LogP contribution in [0.2, 0.25) is 5.02 Å². The summed E-state index contributed by atoms with van der Waals surface area (Å²) in [5.74, 6) is 0.441. The lowest BCUT2D eigenvalue weighted by Crippen LogP contribution is -2.30. The van der Waals surface area contributed by atoms with E-state index in [9.17, 15) is 9.18 Å². The number of aryl methyl sites for hydroxylation is 1. The van der Waals surface area contributed by atoms with Crippen LogP contribution in [0.25, 0.3) is 11.3 Å². The Morgan fingerprint density at radius 1 is 1.24 bits per heavy atom. The van der Waals surface area contributed by atoms with Crippen molar-refractivity contribution in [1.29, 1.82) is 0 Å². The Bertz CT molecular complexity index is 1150. The molecule has 0 unspecified atom stereocenters. The zero-order valence-electron chi connectivity index (χ0n) is 18.9. The molecule has 0 saturated carbocycles. The maximum Gasteiger partial charge on any atom is 0.255 e. The summed E-state index contributed by atoms with van der Waals surface area (Å²) in [6.07, 6.45) is 1.09. The molecule has 3 aromatic rings. The third kappa shape index (κ3) is 5.11. The second kappa shape index (κ2) is 9.79. The Morgan fingerprint density at radius 3 is 2.67 bits per heavy atom. The second-order valence-electron chi connectivity index (χ2n) is 8.37. The number of nitrogens with one attached hydrogen (secondary N) is 1. The van der Waals surface area contributed by atoms with Crippen LogP contribution in [0.4, 0.5) is 10.1 Å². The van der Waals surface area contributed by atoms with E-state index in [4.69, 9.17) is 16.3 Å². The Balaban J connectivity index is 1.68. The van der Waals surface area contributed by atoms with Crippen LogP contribution >= 0.6 is 11.6 Å². The molecule has 2 heterocycles. The van der Waals surface area contributed by atoms with Gasteiger partial charge >= 0.3 is 0 Å². The van der Waals surface area contributed by atoms with Crippen LogP contribution in [-0.2, 0) is 0 Å². The van der Waals surface area contributed by atoms with Crippen LogP contribution in [0.15, 0.2) is 54.7 Å². The molecular weight excluding hydrogens is 441 g/mol. The van der Waals surface area contributed by atoms with E-state index in [1.165, 1.54) is 0 Å². The molecule has 0 radical (unpaired) electrons. The van der Waals surface area contributed by atoms with Crippen molar-refractivity contribution in [3.05, 3.63) is 76.4 Å². The van der Waals surface area contributed by atoms with Gasteiger partial charge in [0.1, 0.15) is 11.9 Å². The van der Waals surface area contributed by atoms with Gasteiger partial charge in [-0.1, -0.05) is 29.8 Å². The summed E-state index contributed by atoms with van der Waals surface area (Å²) >= 11 is 5.98. The summed E-state index contributed by atoms with van der Waals surface area (Å²) in [7, 11) is 1.62. The quantitative estimate of drug-likeness (QED) is 0.501. The van der Waals surface area contributed by atoms with E-state index >= 15 is 0 Å². The number of anilines is 1. The number of halogens is 2. The Kier molecular flexibility index (Phi) is 6.84. The van der Waals surface area contributed by atoms with Crippen molar-refractivity contribution in [2.75, 3.05) is 25.1 Å². The summed E-state index contributed by atoms with van der Waals surface area (Å²) in [5, 5.41) is 3.67. The molecule has 33 heavy (non-hydrogen) atoms.